The molecule has 0 saturated carbocycles. The number of allylic oxidation sites excluding steroid dienone is 1. The Kier molecular flexibility index (Phi) is 4.46. The van der Waals surface area contributed by atoms with Gasteiger partial charge in [-0.05, 0) is 48.6 Å². The largest absolute Gasteiger partial charge is 0.461 e. The smallest absolute Gasteiger partial charge is 0.408 e. The predicted molar refractivity (Wildman–Crippen MR) is 95.7 cm³/mol. The van der Waals surface area contributed by atoms with Crippen molar-refractivity contribution in [1.29, 1.82) is 0 Å². The van der Waals surface area contributed by atoms with E-state index in [2.05, 4.69) is 32.2 Å². The summed E-state index contributed by atoms with van der Waals surface area (Å²) in [7, 11) is 0. The molecule has 0 saturated heterocycles. The van der Waals surface area contributed by atoms with Crippen molar-refractivity contribution in [1.82, 2.24) is 5.32 Å². The van der Waals surface area contributed by atoms with E-state index in [1.54, 1.807) is 39.1 Å². The molecule has 2 aliphatic heterocycles. The molecule has 0 aliphatic carbocycles. The molecule has 0 bridgehead atoms. The number of furan rings is 1. The number of carbonyl (C=O) groups excluding carboxylic acids is 1. The number of amidine groups is 2. The first-order valence-corrected chi connectivity index (χ1v) is 7.88. The molecule has 26 heavy (non-hydrogen) atoms. The standard InChI is InChI=1S/C17H18N6O3/c1-17(2,3)26-16(24)19-8-4-6-12-11-23(18)14(10-20-12)21-15(22-23)13-7-5-9-25-13/h5,7,9-11H,8,18H2,1-3H3/p+1. The van der Waals surface area contributed by atoms with Crippen molar-refractivity contribution in [2.75, 3.05) is 6.54 Å². The van der Waals surface area contributed by atoms with Crippen LogP contribution < -0.4 is 11.2 Å². The first kappa shape index (κ1) is 17.6. The third-order valence-electron chi connectivity index (χ3n) is 3.16. The van der Waals surface area contributed by atoms with Crippen molar-refractivity contribution in [3.05, 3.63) is 36.1 Å². The topological polar surface area (TPSA) is 115 Å². The fraction of sp³-hybridized carbons (Fsp3) is 0.294. The maximum Gasteiger partial charge on any atom is 0.408 e. The summed E-state index contributed by atoms with van der Waals surface area (Å²) >= 11 is 0. The minimum atomic E-state index is -0.557. The highest BCUT2D eigenvalue weighted by atomic mass is 16.6. The van der Waals surface area contributed by atoms with Crippen LogP contribution in [0, 0.1) is 11.8 Å². The van der Waals surface area contributed by atoms with Crippen molar-refractivity contribution in [2.24, 2.45) is 20.9 Å². The van der Waals surface area contributed by atoms with Crippen LogP contribution >= 0.6 is 0 Å². The van der Waals surface area contributed by atoms with E-state index in [9.17, 15) is 4.79 Å². The Labute approximate surface area is 150 Å². The normalized spacial score (nSPS) is 21.0. The monoisotopic (exact) mass is 355 g/mol. The molecule has 1 aromatic rings. The van der Waals surface area contributed by atoms with Gasteiger partial charge in [0.1, 0.15) is 11.8 Å². The van der Waals surface area contributed by atoms with Crippen molar-refractivity contribution in [3.63, 3.8) is 0 Å². The Balaban J connectivity index is 1.65. The lowest BCUT2D eigenvalue weighted by atomic mass is 10.2. The van der Waals surface area contributed by atoms with Crippen LogP contribution in [0.3, 0.4) is 0 Å². The molecule has 9 nitrogen and oxygen atoms in total. The number of nitrogens with zero attached hydrogens (tertiary/aromatic N) is 4. The molecule has 3 rings (SSSR count). The zero-order valence-corrected chi connectivity index (χ0v) is 14.7. The molecule has 1 amide bonds. The number of hydrogen-bond acceptors (Lipinski definition) is 7. The van der Waals surface area contributed by atoms with Crippen LogP contribution in [0.25, 0.3) is 0 Å². The lowest BCUT2D eigenvalue weighted by Gasteiger charge is -2.19. The molecule has 1 atom stereocenters. The van der Waals surface area contributed by atoms with E-state index in [0.29, 0.717) is 23.1 Å². The van der Waals surface area contributed by atoms with E-state index < -0.39 is 11.7 Å². The number of alkyl carbamates (subject to hydrolysis) is 1. The molecule has 134 valence electrons. The second-order valence-corrected chi connectivity index (χ2v) is 6.54. The Hall–Kier alpha value is -3.22. The van der Waals surface area contributed by atoms with E-state index in [1.165, 1.54) is 12.5 Å². The second-order valence-electron chi connectivity index (χ2n) is 6.54. The summed E-state index contributed by atoms with van der Waals surface area (Å²) in [6.07, 6.45) is 4.08. The van der Waals surface area contributed by atoms with Gasteiger partial charge in [-0.2, -0.15) is 4.99 Å². The van der Waals surface area contributed by atoms with Crippen molar-refractivity contribution < 1.29 is 18.6 Å². The fourth-order valence-electron chi connectivity index (χ4n) is 2.12. The fourth-order valence-corrected chi connectivity index (χ4v) is 2.12. The van der Waals surface area contributed by atoms with Gasteiger partial charge in [-0.3, -0.25) is 0 Å². The second kappa shape index (κ2) is 6.59. The van der Waals surface area contributed by atoms with E-state index >= 15 is 0 Å². The maximum absolute atomic E-state index is 11.5. The van der Waals surface area contributed by atoms with Crippen LogP contribution in [0.5, 0.6) is 0 Å². The SMILES string of the molecule is CC(C)(C)OC(=O)NCC#CC1=C[N+]2(N)N=C(c3ccco3)N=C2C=N1. The van der Waals surface area contributed by atoms with Crippen molar-refractivity contribution >= 4 is 24.0 Å². The zero-order valence-electron chi connectivity index (χ0n) is 14.7. The van der Waals surface area contributed by atoms with Crippen LogP contribution in [-0.2, 0) is 4.74 Å². The number of aliphatic imine (C=N–C) groups is 2. The quantitative estimate of drug-likeness (QED) is 0.475. The highest BCUT2D eigenvalue weighted by molar-refractivity contribution is 6.31. The van der Waals surface area contributed by atoms with Gasteiger partial charge in [-0.25, -0.2) is 9.79 Å². The Bertz CT molecular complexity index is 893. The number of rotatable bonds is 2. The minimum absolute atomic E-state index is 0.119. The number of nitrogens with one attached hydrogen (secondary N) is 1. The summed E-state index contributed by atoms with van der Waals surface area (Å²) in [5, 5.41) is 6.89. The summed E-state index contributed by atoms with van der Waals surface area (Å²) in [5.41, 5.74) is -0.138. The molecular weight excluding hydrogens is 336 g/mol. The van der Waals surface area contributed by atoms with E-state index in [-0.39, 0.29) is 11.2 Å². The first-order valence-electron chi connectivity index (χ1n) is 7.88. The molecule has 2 aliphatic rings. The summed E-state index contributed by atoms with van der Waals surface area (Å²) in [6.45, 7) is 5.48. The molecule has 1 aromatic heterocycles. The average molecular weight is 355 g/mol. The van der Waals surface area contributed by atoms with E-state index in [1.807, 2.05) is 0 Å². The lowest BCUT2D eigenvalue weighted by molar-refractivity contribution is -0.803. The number of fused-ring (bicyclic) bond motifs is 1. The van der Waals surface area contributed by atoms with Gasteiger partial charge in [0.2, 0.25) is 0 Å². The summed E-state index contributed by atoms with van der Waals surface area (Å²) in [5.74, 6) is 13.2. The highest BCUT2D eigenvalue weighted by Crippen LogP contribution is 2.21. The molecule has 0 fully saturated rings. The van der Waals surface area contributed by atoms with Gasteiger partial charge in [-0.1, -0.05) is 5.92 Å². The molecule has 1 unspecified atom stereocenters. The van der Waals surface area contributed by atoms with Gasteiger partial charge in [0, 0.05) is 0 Å². The number of hydrogen-bond donors (Lipinski definition) is 2. The number of carbonyl (C=O) groups is 1. The van der Waals surface area contributed by atoms with Gasteiger partial charge in [-0.15, -0.1) is 5.84 Å². The Morgan fingerprint density at radius 1 is 1.46 bits per heavy atom. The summed E-state index contributed by atoms with van der Waals surface area (Å²) < 4.78 is 10.0. The predicted octanol–water partition coefficient (Wildman–Crippen LogP) is 1.50. The first-order chi connectivity index (χ1) is 12.3. The number of ether oxygens (including phenoxy) is 1. The molecule has 3 heterocycles. The number of amides is 1. The van der Waals surface area contributed by atoms with Crippen LogP contribution in [0.2, 0.25) is 0 Å². The number of quaternary nitrogens is 1. The molecule has 0 radical (unpaired) electrons. The van der Waals surface area contributed by atoms with Gasteiger partial charge in [0.25, 0.3) is 11.7 Å². The van der Waals surface area contributed by atoms with Crippen molar-refractivity contribution in [3.8, 4) is 11.8 Å². The minimum Gasteiger partial charge on any atom is -0.461 e. The molecule has 0 aromatic carbocycles. The third-order valence-corrected chi connectivity index (χ3v) is 3.16. The van der Waals surface area contributed by atoms with Gasteiger partial charge in [0.05, 0.1) is 12.8 Å². The maximum atomic E-state index is 11.5. The summed E-state index contributed by atoms with van der Waals surface area (Å²) in [6, 6.07) is 3.49. The molecule has 0 spiro atoms. The van der Waals surface area contributed by atoms with Gasteiger partial charge < -0.3 is 14.5 Å². The van der Waals surface area contributed by atoms with Crippen LogP contribution in [0.1, 0.15) is 26.5 Å². The van der Waals surface area contributed by atoms with Crippen LogP contribution in [-0.4, -0.2) is 40.8 Å². The zero-order chi connectivity index (χ0) is 18.8. The molecular formula is C17H19N6O3+. The van der Waals surface area contributed by atoms with Crippen molar-refractivity contribution in [2.45, 2.75) is 26.4 Å². The highest BCUT2D eigenvalue weighted by Gasteiger charge is 2.39. The lowest BCUT2D eigenvalue weighted by Crippen LogP contribution is -2.50. The van der Waals surface area contributed by atoms with Gasteiger partial charge >= 0.3 is 6.09 Å². The molecule has 3 N–H and O–H groups in total. The Morgan fingerprint density at radius 2 is 2.27 bits per heavy atom. The Morgan fingerprint density at radius 3 is 2.96 bits per heavy atom. The number of nitrogens with two attached hydrogens (primary N) is 1. The van der Waals surface area contributed by atoms with E-state index in [0.717, 1.165) is 0 Å². The summed E-state index contributed by atoms with van der Waals surface area (Å²) in [4.78, 5) is 20.1. The third kappa shape index (κ3) is 4.05. The van der Waals surface area contributed by atoms with Crippen LogP contribution in [0.4, 0.5) is 4.79 Å². The van der Waals surface area contributed by atoms with Gasteiger partial charge in [0.15, 0.2) is 17.7 Å². The van der Waals surface area contributed by atoms with E-state index in [4.69, 9.17) is 15.0 Å². The average Bonchev–Trinajstić information content (AvgIpc) is 3.16. The molecule has 9 heteroatoms. The van der Waals surface area contributed by atoms with Crippen LogP contribution in [0.15, 0.2) is 49.8 Å².